The highest BCUT2D eigenvalue weighted by Gasteiger charge is 2.12. The number of hydrogen-bond acceptors (Lipinski definition) is 3. The molecule has 2 aromatic carbocycles. The number of phenolic OH excluding ortho intramolecular Hbond substituents is 1. The maximum atomic E-state index is 9.78. The van der Waals surface area contributed by atoms with Crippen molar-refractivity contribution in [1.29, 1.82) is 0 Å². The molecule has 1 aliphatic rings. The highest BCUT2D eigenvalue weighted by molar-refractivity contribution is 5.83. The molecule has 0 spiro atoms. The molecule has 3 nitrogen and oxygen atoms in total. The normalized spacial score (nSPS) is 16.0. The van der Waals surface area contributed by atoms with E-state index < -0.39 is 0 Å². The highest BCUT2D eigenvalue weighted by atomic mass is 16.3. The monoisotopic (exact) mass is 308 g/mol. The topological polar surface area (TPSA) is 35.8 Å². The van der Waals surface area contributed by atoms with Gasteiger partial charge in [-0.25, -0.2) is 0 Å². The van der Waals surface area contributed by atoms with Gasteiger partial charge in [-0.1, -0.05) is 42.8 Å². The molecule has 1 aliphatic heterocycles. The minimum atomic E-state index is 0.276. The lowest BCUT2D eigenvalue weighted by molar-refractivity contribution is 0.220. The van der Waals surface area contributed by atoms with E-state index in [1.165, 1.54) is 43.5 Å². The van der Waals surface area contributed by atoms with Gasteiger partial charge in [0.15, 0.2) is 0 Å². The summed E-state index contributed by atoms with van der Waals surface area (Å²) in [6.45, 7) is 4.08. The van der Waals surface area contributed by atoms with E-state index in [2.05, 4.69) is 34.2 Å². The van der Waals surface area contributed by atoms with Crippen LogP contribution in [0.1, 0.15) is 36.0 Å². The van der Waals surface area contributed by atoms with Gasteiger partial charge in [-0.2, -0.15) is 0 Å². The molecule has 23 heavy (non-hydrogen) atoms. The van der Waals surface area contributed by atoms with Crippen molar-refractivity contribution in [3.63, 3.8) is 0 Å². The summed E-state index contributed by atoms with van der Waals surface area (Å²) in [6.07, 6.45) is 5.75. The van der Waals surface area contributed by atoms with E-state index in [-0.39, 0.29) is 5.75 Å². The first kappa shape index (κ1) is 15.8. The Labute approximate surface area is 138 Å². The van der Waals surface area contributed by atoms with Crippen molar-refractivity contribution in [3.05, 3.63) is 65.2 Å². The lowest BCUT2D eigenvalue weighted by Gasteiger charge is -2.27. The number of likely N-dealkylation sites (tertiary alicyclic amines) is 1. The summed E-state index contributed by atoms with van der Waals surface area (Å²) in [5, 5.41) is 9.78. The molecule has 1 N–H and O–H groups in total. The Morgan fingerprint density at radius 2 is 1.61 bits per heavy atom. The van der Waals surface area contributed by atoms with Crippen molar-refractivity contribution < 1.29 is 5.11 Å². The van der Waals surface area contributed by atoms with Crippen LogP contribution in [0, 0.1) is 0 Å². The van der Waals surface area contributed by atoms with Crippen molar-refractivity contribution in [2.45, 2.75) is 32.4 Å². The standard InChI is InChI=1S/C20H24N2O/c23-20-11-5-4-9-18(20)15-21-14-17-8-2-3-10-19(17)16-22-12-6-1-7-13-22/h2-5,8-11,15,23H,1,6-7,12-14,16H2. The average molecular weight is 308 g/mol. The molecule has 0 amide bonds. The lowest BCUT2D eigenvalue weighted by atomic mass is 10.1. The molecule has 3 heteroatoms. The van der Waals surface area contributed by atoms with Crippen LogP contribution in [0.25, 0.3) is 0 Å². The fourth-order valence-corrected chi connectivity index (χ4v) is 3.06. The second-order valence-electron chi connectivity index (χ2n) is 6.13. The minimum Gasteiger partial charge on any atom is -0.507 e. The van der Waals surface area contributed by atoms with Crippen LogP contribution in [0.2, 0.25) is 0 Å². The van der Waals surface area contributed by atoms with Crippen LogP contribution < -0.4 is 0 Å². The van der Waals surface area contributed by atoms with Gasteiger partial charge in [0.25, 0.3) is 0 Å². The van der Waals surface area contributed by atoms with Crippen LogP contribution >= 0.6 is 0 Å². The third-order valence-electron chi connectivity index (χ3n) is 4.39. The van der Waals surface area contributed by atoms with Crippen LogP contribution in [0.3, 0.4) is 0 Å². The quantitative estimate of drug-likeness (QED) is 0.848. The summed E-state index contributed by atoms with van der Waals surface area (Å²) in [7, 11) is 0. The third kappa shape index (κ3) is 4.42. The number of hydrogen-bond donors (Lipinski definition) is 1. The molecule has 0 radical (unpaired) electrons. The number of aromatic hydroxyl groups is 1. The van der Waals surface area contributed by atoms with E-state index in [4.69, 9.17) is 0 Å². The van der Waals surface area contributed by atoms with Crippen molar-refractivity contribution in [2.75, 3.05) is 13.1 Å². The Hall–Kier alpha value is -2.13. The van der Waals surface area contributed by atoms with Crippen molar-refractivity contribution >= 4 is 6.21 Å². The van der Waals surface area contributed by atoms with Gasteiger partial charge in [-0.3, -0.25) is 9.89 Å². The van der Waals surface area contributed by atoms with Crippen LogP contribution in [-0.4, -0.2) is 29.3 Å². The summed E-state index contributed by atoms with van der Waals surface area (Å²) in [5.74, 6) is 0.276. The van der Waals surface area contributed by atoms with Gasteiger partial charge in [0.05, 0.1) is 6.54 Å². The Morgan fingerprint density at radius 1 is 0.913 bits per heavy atom. The third-order valence-corrected chi connectivity index (χ3v) is 4.39. The Morgan fingerprint density at radius 3 is 2.39 bits per heavy atom. The molecule has 0 atom stereocenters. The fourth-order valence-electron chi connectivity index (χ4n) is 3.06. The summed E-state index contributed by atoms with van der Waals surface area (Å²) in [4.78, 5) is 7.06. The molecule has 3 rings (SSSR count). The lowest BCUT2D eigenvalue weighted by Crippen LogP contribution is -2.29. The van der Waals surface area contributed by atoms with Crippen molar-refractivity contribution in [1.82, 2.24) is 4.90 Å². The van der Waals surface area contributed by atoms with E-state index in [0.29, 0.717) is 6.54 Å². The van der Waals surface area contributed by atoms with E-state index in [1.54, 1.807) is 12.3 Å². The number of para-hydroxylation sites is 1. The second-order valence-corrected chi connectivity index (χ2v) is 6.13. The molecule has 1 saturated heterocycles. The maximum Gasteiger partial charge on any atom is 0.124 e. The molecular weight excluding hydrogens is 284 g/mol. The van der Waals surface area contributed by atoms with Crippen molar-refractivity contribution in [3.8, 4) is 5.75 Å². The fraction of sp³-hybridized carbons (Fsp3) is 0.350. The van der Waals surface area contributed by atoms with E-state index in [0.717, 1.165) is 12.1 Å². The zero-order valence-electron chi connectivity index (χ0n) is 13.5. The van der Waals surface area contributed by atoms with Gasteiger partial charge >= 0.3 is 0 Å². The number of aliphatic imine (C=N–C) groups is 1. The van der Waals surface area contributed by atoms with Crippen LogP contribution in [0.5, 0.6) is 5.75 Å². The molecule has 1 heterocycles. The molecule has 120 valence electrons. The van der Waals surface area contributed by atoms with Gasteiger partial charge < -0.3 is 5.11 Å². The van der Waals surface area contributed by atoms with Gasteiger partial charge in [-0.15, -0.1) is 0 Å². The smallest absolute Gasteiger partial charge is 0.124 e. The number of phenols is 1. The first-order chi connectivity index (χ1) is 11.3. The maximum absolute atomic E-state index is 9.78. The Bertz CT molecular complexity index is 660. The highest BCUT2D eigenvalue weighted by Crippen LogP contribution is 2.17. The van der Waals surface area contributed by atoms with E-state index in [9.17, 15) is 5.11 Å². The first-order valence-electron chi connectivity index (χ1n) is 8.40. The van der Waals surface area contributed by atoms with Gasteiger partial charge in [0, 0.05) is 18.3 Å². The molecule has 1 fully saturated rings. The zero-order valence-corrected chi connectivity index (χ0v) is 13.5. The summed E-state index contributed by atoms with van der Waals surface area (Å²) in [5.41, 5.74) is 3.40. The molecule has 2 aromatic rings. The molecule has 0 bridgehead atoms. The molecular formula is C20H24N2O. The SMILES string of the molecule is Oc1ccccc1C=NCc1ccccc1CN1CCCCC1. The summed E-state index contributed by atoms with van der Waals surface area (Å²) < 4.78 is 0. The Balaban J connectivity index is 1.67. The molecule has 0 aliphatic carbocycles. The molecule has 0 aromatic heterocycles. The molecule has 0 saturated carbocycles. The predicted octanol–water partition coefficient (Wildman–Crippen LogP) is 4.00. The van der Waals surface area contributed by atoms with Crippen LogP contribution in [0.4, 0.5) is 0 Å². The molecule has 0 unspecified atom stereocenters. The van der Waals surface area contributed by atoms with Gasteiger partial charge in [0.2, 0.25) is 0 Å². The van der Waals surface area contributed by atoms with Crippen LogP contribution in [-0.2, 0) is 13.1 Å². The second kappa shape index (κ2) is 7.93. The summed E-state index contributed by atoms with van der Waals surface area (Å²) >= 11 is 0. The zero-order chi connectivity index (χ0) is 15.9. The Kier molecular flexibility index (Phi) is 5.43. The number of rotatable bonds is 5. The summed E-state index contributed by atoms with van der Waals surface area (Å²) in [6, 6.07) is 15.8. The largest absolute Gasteiger partial charge is 0.507 e. The number of benzene rings is 2. The van der Waals surface area contributed by atoms with Gasteiger partial charge in [-0.05, 0) is 49.2 Å². The number of nitrogens with zero attached hydrogens (tertiary/aromatic N) is 2. The number of piperidine rings is 1. The first-order valence-corrected chi connectivity index (χ1v) is 8.40. The average Bonchev–Trinajstić information content (AvgIpc) is 2.59. The van der Waals surface area contributed by atoms with E-state index >= 15 is 0 Å². The van der Waals surface area contributed by atoms with Crippen LogP contribution in [0.15, 0.2) is 53.5 Å². The minimum absolute atomic E-state index is 0.276. The van der Waals surface area contributed by atoms with E-state index in [1.807, 2.05) is 18.2 Å². The predicted molar refractivity (Wildman–Crippen MR) is 95.0 cm³/mol. The van der Waals surface area contributed by atoms with Gasteiger partial charge in [0.1, 0.15) is 5.75 Å². The van der Waals surface area contributed by atoms with Crippen molar-refractivity contribution in [2.24, 2.45) is 4.99 Å².